The van der Waals surface area contributed by atoms with Gasteiger partial charge in [-0.05, 0) is 66.7 Å². The lowest BCUT2D eigenvalue weighted by molar-refractivity contribution is 0.0737. The first-order valence-corrected chi connectivity index (χ1v) is 13.5. The Labute approximate surface area is 233 Å². The largest absolute Gasteiger partial charge is 0.492 e. The lowest BCUT2D eigenvalue weighted by Crippen LogP contribution is -2.33. The summed E-state index contributed by atoms with van der Waals surface area (Å²) in [4.78, 5) is 22.0. The summed E-state index contributed by atoms with van der Waals surface area (Å²) in [6, 6.07) is 26.8. The van der Waals surface area contributed by atoms with Crippen molar-refractivity contribution in [1.29, 1.82) is 0 Å². The molecule has 5 aromatic rings. The van der Waals surface area contributed by atoms with Crippen LogP contribution in [0, 0.1) is 5.82 Å². The molecule has 0 fully saturated rings. The van der Waals surface area contributed by atoms with Crippen LogP contribution in [0.5, 0.6) is 5.75 Å². The Balaban J connectivity index is 1.44. The standard InChI is InChI=1S/C33H31FN4O2/c1-36-15-16-40-30-9-3-7-26(19-30)32-20-28-18-29(34)10-11-31(28)38(32)14-13-37(33(39)27-8-4-12-35-21-27)23-25-6-2-5-24(17-25)22-36/h2-12,17-21H,13-16,22-23H2,1H3. The molecule has 7 heteroatoms. The molecule has 0 unspecified atom stereocenters. The summed E-state index contributed by atoms with van der Waals surface area (Å²) in [6.45, 7) is 3.56. The Hall–Kier alpha value is -4.49. The highest BCUT2D eigenvalue weighted by molar-refractivity contribution is 5.94. The normalized spacial score (nSPS) is 14.8. The summed E-state index contributed by atoms with van der Waals surface area (Å²) in [6.07, 6.45) is 3.28. The molecule has 1 aliphatic rings. The van der Waals surface area contributed by atoms with Crippen molar-refractivity contribution in [3.8, 4) is 17.0 Å². The van der Waals surface area contributed by atoms with Gasteiger partial charge in [0.05, 0.1) is 5.56 Å². The second kappa shape index (κ2) is 11.3. The number of pyridine rings is 1. The molecule has 0 saturated heterocycles. The van der Waals surface area contributed by atoms with Crippen LogP contribution in [0.25, 0.3) is 22.2 Å². The quantitative estimate of drug-likeness (QED) is 0.264. The highest BCUT2D eigenvalue weighted by Gasteiger charge is 2.19. The maximum Gasteiger partial charge on any atom is 0.255 e. The summed E-state index contributed by atoms with van der Waals surface area (Å²) in [5.41, 5.74) is 5.63. The predicted octanol–water partition coefficient (Wildman–Crippen LogP) is 6.01. The third-order valence-electron chi connectivity index (χ3n) is 7.34. The molecule has 1 amide bonds. The zero-order valence-corrected chi connectivity index (χ0v) is 22.5. The molecule has 6 rings (SSSR count). The summed E-state index contributed by atoms with van der Waals surface area (Å²) >= 11 is 0. The van der Waals surface area contributed by atoms with Gasteiger partial charge in [-0.2, -0.15) is 0 Å². The average Bonchev–Trinajstić information content (AvgIpc) is 3.32. The van der Waals surface area contributed by atoms with Crippen LogP contribution in [0.1, 0.15) is 21.5 Å². The Bertz CT molecular complexity index is 1650. The van der Waals surface area contributed by atoms with Crippen LogP contribution >= 0.6 is 0 Å². The number of carbonyl (C=O) groups excluding carboxylic acids is 1. The van der Waals surface area contributed by atoms with Crippen LogP contribution in [0.2, 0.25) is 0 Å². The number of hydrogen-bond donors (Lipinski definition) is 0. The van der Waals surface area contributed by atoms with E-state index in [9.17, 15) is 9.18 Å². The molecule has 0 spiro atoms. The van der Waals surface area contributed by atoms with Gasteiger partial charge >= 0.3 is 0 Å². The van der Waals surface area contributed by atoms with E-state index >= 15 is 0 Å². The number of carbonyl (C=O) groups is 1. The number of ether oxygens (including phenoxy) is 1. The maximum atomic E-state index is 14.2. The molecule has 0 atom stereocenters. The molecule has 3 heterocycles. The minimum absolute atomic E-state index is 0.0759. The van der Waals surface area contributed by atoms with Gasteiger partial charge in [-0.3, -0.25) is 14.7 Å². The topological polar surface area (TPSA) is 50.6 Å². The smallest absolute Gasteiger partial charge is 0.255 e. The van der Waals surface area contributed by atoms with Gasteiger partial charge in [0.25, 0.3) is 5.91 Å². The molecule has 4 bridgehead atoms. The summed E-state index contributed by atoms with van der Waals surface area (Å²) in [7, 11) is 2.08. The van der Waals surface area contributed by atoms with Gasteiger partial charge in [0.1, 0.15) is 18.2 Å². The van der Waals surface area contributed by atoms with E-state index in [1.54, 1.807) is 30.6 Å². The van der Waals surface area contributed by atoms with Crippen molar-refractivity contribution in [1.82, 2.24) is 19.4 Å². The number of rotatable bonds is 1. The van der Waals surface area contributed by atoms with E-state index in [1.165, 1.54) is 11.6 Å². The molecular weight excluding hydrogens is 503 g/mol. The van der Waals surface area contributed by atoms with E-state index in [1.807, 2.05) is 47.4 Å². The second-order valence-electron chi connectivity index (χ2n) is 10.3. The van der Waals surface area contributed by atoms with Gasteiger partial charge < -0.3 is 14.2 Å². The molecule has 0 saturated carbocycles. The monoisotopic (exact) mass is 534 g/mol. The van der Waals surface area contributed by atoms with Gasteiger partial charge in [0.15, 0.2) is 0 Å². The highest BCUT2D eigenvalue weighted by Crippen LogP contribution is 2.31. The number of nitrogens with zero attached hydrogens (tertiary/aromatic N) is 4. The lowest BCUT2D eigenvalue weighted by Gasteiger charge is -2.25. The number of aromatic nitrogens is 2. The summed E-state index contributed by atoms with van der Waals surface area (Å²) < 4.78 is 22.5. The zero-order valence-electron chi connectivity index (χ0n) is 22.5. The Morgan fingerprint density at radius 2 is 1.73 bits per heavy atom. The zero-order chi connectivity index (χ0) is 27.5. The van der Waals surface area contributed by atoms with Crippen LogP contribution in [0.4, 0.5) is 4.39 Å². The molecule has 2 aromatic heterocycles. The van der Waals surface area contributed by atoms with Gasteiger partial charge in [-0.1, -0.05) is 36.4 Å². The van der Waals surface area contributed by atoms with E-state index in [-0.39, 0.29) is 11.7 Å². The molecule has 3 aromatic carbocycles. The fraction of sp³-hybridized carbons (Fsp3) is 0.212. The van der Waals surface area contributed by atoms with Crippen LogP contribution in [-0.2, 0) is 19.6 Å². The number of hydrogen-bond acceptors (Lipinski definition) is 4. The SMILES string of the molecule is CN1CCOc2cccc(c2)-c2cc3cc(F)ccc3n2CCN(C(=O)c2cccnc2)Cc2cccc(c2)C1. The van der Waals surface area contributed by atoms with Crippen LogP contribution < -0.4 is 4.74 Å². The van der Waals surface area contributed by atoms with Crippen LogP contribution in [-0.4, -0.2) is 52.0 Å². The van der Waals surface area contributed by atoms with Crippen molar-refractivity contribution in [3.63, 3.8) is 0 Å². The van der Waals surface area contributed by atoms with Crippen molar-refractivity contribution in [3.05, 3.63) is 120 Å². The Kier molecular flexibility index (Phi) is 7.29. The number of fused-ring (bicyclic) bond motifs is 8. The molecule has 202 valence electrons. The van der Waals surface area contributed by atoms with Crippen molar-refractivity contribution in [2.24, 2.45) is 0 Å². The summed E-state index contributed by atoms with van der Waals surface area (Å²) in [5.74, 6) is 0.432. The molecule has 0 N–H and O–H groups in total. The van der Waals surface area contributed by atoms with E-state index in [4.69, 9.17) is 4.74 Å². The molecule has 1 aliphatic heterocycles. The van der Waals surface area contributed by atoms with Gasteiger partial charge in [0, 0.05) is 67.3 Å². The third-order valence-corrected chi connectivity index (χ3v) is 7.34. The number of halogens is 1. The minimum atomic E-state index is -0.278. The molecule has 40 heavy (non-hydrogen) atoms. The predicted molar refractivity (Wildman–Crippen MR) is 155 cm³/mol. The number of likely N-dealkylation sites (N-methyl/N-ethyl adjacent to an activating group) is 1. The minimum Gasteiger partial charge on any atom is -0.492 e. The first-order chi connectivity index (χ1) is 19.5. The molecule has 0 radical (unpaired) electrons. The third kappa shape index (κ3) is 5.60. The fourth-order valence-electron chi connectivity index (χ4n) is 5.37. The number of amides is 1. The number of benzene rings is 3. The second-order valence-corrected chi connectivity index (χ2v) is 10.3. The molecule has 0 aliphatic carbocycles. The van der Waals surface area contributed by atoms with Crippen molar-refractivity contribution < 1.29 is 13.9 Å². The van der Waals surface area contributed by atoms with E-state index in [0.29, 0.717) is 31.8 Å². The van der Waals surface area contributed by atoms with Crippen molar-refractivity contribution in [2.75, 3.05) is 26.7 Å². The molecule has 6 nitrogen and oxygen atoms in total. The van der Waals surface area contributed by atoms with Gasteiger partial charge in [0.2, 0.25) is 0 Å². The van der Waals surface area contributed by atoms with Crippen molar-refractivity contribution in [2.45, 2.75) is 19.6 Å². The lowest BCUT2D eigenvalue weighted by atomic mass is 10.1. The van der Waals surface area contributed by atoms with E-state index < -0.39 is 0 Å². The first kappa shape index (κ1) is 25.8. The average molecular weight is 535 g/mol. The summed E-state index contributed by atoms with van der Waals surface area (Å²) in [5, 5.41) is 0.815. The van der Waals surface area contributed by atoms with E-state index in [0.717, 1.165) is 46.6 Å². The van der Waals surface area contributed by atoms with E-state index in [2.05, 4.69) is 39.7 Å². The maximum absolute atomic E-state index is 14.2. The van der Waals surface area contributed by atoms with Crippen LogP contribution in [0.15, 0.2) is 97.3 Å². The van der Waals surface area contributed by atoms with Gasteiger partial charge in [-0.15, -0.1) is 0 Å². The first-order valence-electron chi connectivity index (χ1n) is 13.5. The molecular formula is C33H31FN4O2. The fourth-order valence-corrected chi connectivity index (χ4v) is 5.37. The Morgan fingerprint density at radius 1 is 0.875 bits per heavy atom. The Morgan fingerprint density at radius 3 is 2.58 bits per heavy atom. The van der Waals surface area contributed by atoms with Gasteiger partial charge in [-0.25, -0.2) is 4.39 Å². The van der Waals surface area contributed by atoms with Crippen molar-refractivity contribution >= 4 is 16.8 Å². The highest BCUT2D eigenvalue weighted by atomic mass is 19.1. The van der Waals surface area contributed by atoms with Crippen LogP contribution in [0.3, 0.4) is 0 Å².